The second kappa shape index (κ2) is 6.70. The molecule has 0 saturated carbocycles. The van der Waals surface area contributed by atoms with Gasteiger partial charge in [0.1, 0.15) is 5.69 Å². The molecule has 21 heavy (non-hydrogen) atoms. The molecule has 2 heterocycles. The summed E-state index contributed by atoms with van der Waals surface area (Å²) in [5.41, 5.74) is 6.18. The van der Waals surface area contributed by atoms with Crippen molar-refractivity contribution in [1.29, 1.82) is 0 Å². The van der Waals surface area contributed by atoms with Gasteiger partial charge in [-0.3, -0.25) is 4.79 Å². The number of carbonyl (C=O) groups is 1. The summed E-state index contributed by atoms with van der Waals surface area (Å²) < 4.78 is 23.3. The Morgan fingerprint density at radius 2 is 2.29 bits per heavy atom. The Balaban J connectivity index is 1.94. The number of aromatic nitrogens is 1. The highest BCUT2D eigenvalue weighted by atomic mass is 32.2. The third-order valence-electron chi connectivity index (χ3n) is 3.28. The molecular formula is C14H17N3O3S. The normalized spacial score (nSPS) is 19.6. The molecule has 2 rings (SSSR count). The van der Waals surface area contributed by atoms with Crippen molar-refractivity contribution < 1.29 is 13.2 Å². The number of sulfone groups is 1. The second-order valence-electron chi connectivity index (χ2n) is 4.78. The van der Waals surface area contributed by atoms with E-state index in [0.29, 0.717) is 18.4 Å². The zero-order chi connectivity index (χ0) is 15.3. The van der Waals surface area contributed by atoms with Gasteiger partial charge in [-0.05, 0) is 25.0 Å². The van der Waals surface area contributed by atoms with Crippen LogP contribution < -0.4 is 11.1 Å². The number of rotatable bonds is 3. The Kier molecular flexibility index (Phi) is 4.94. The van der Waals surface area contributed by atoms with Crippen LogP contribution in [0.3, 0.4) is 0 Å². The molecule has 3 N–H and O–H groups in total. The molecule has 1 fully saturated rings. The van der Waals surface area contributed by atoms with E-state index in [1.165, 1.54) is 6.20 Å². The van der Waals surface area contributed by atoms with Crippen LogP contribution in [0.4, 0.5) is 0 Å². The summed E-state index contributed by atoms with van der Waals surface area (Å²) >= 11 is 0. The summed E-state index contributed by atoms with van der Waals surface area (Å²) in [5.74, 6) is 5.33. The monoisotopic (exact) mass is 307 g/mol. The molecule has 0 aromatic carbocycles. The molecule has 1 saturated heterocycles. The lowest BCUT2D eigenvalue weighted by Gasteiger charge is -2.10. The maximum atomic E-state index is 11.9. The van der Waals surface area contributed by atoms with Gasteiger partial charge in [0.2, 0.25) is 0 Å². The molecule has 7 heteroatoms. The topological polar surface area (TPSA) is 102 Å². The number of pyridine rings is 1. The Morgan fingerprint density at radius 1 is 1.48 bits per heavy atom. The first-order valence-corrected chi connectivity index (χ1v) is 8.39. The van der Waals surface area contributed by atoms with Crippen molar-refractivity contribution in [3.63, 3.8) is 0 Å². The molecule has 1 unspecified atom stereocenters. The number of hydrogen-bond acceptors (Lipinski definition) is 5. The van der Waals surface area contributed by atoms with Gasteiger partial charge in [0, 0.05) is 18.3 Å². The molecule has 1 amide bonds. The number of hydrogen-bond donors (Lipinski definition) is 2. The molecule has 1 aromatic heterocycles. The predicted octanol–water partition coefficient (Wildman–Crippen LogP) is -0.301. The van der Waals surface area contributed by atoms with Crippen LogP contribution in [0, 0.1) is 11.8 Å². The average molecular weight is 307 g/mol. The van der Waals surface area contributed by atoms with Crippen molar-refractivity contribution in [3.05, 3.63) is 29.6 Å². The van der Waals surface area contributed by atoms with Gasteiger partial charge in [-0.2, -0.15) is 0 Å². The number of amides is 1. The van der Waals surface area contributed by atoms with E-state index in [1.807, 2.05) is 0 Å². The van der Waals surface area contributed by atoms with Crippen LogP contribution in [-0.2, 0) is 9.84 Å². The third kappa shape index (κ3) is 4.03. The smallest absolute Gasteiger partial charge is 0.269 e. The van der Waals surface area contributed by atoms with E-state index in [2.05, 4.69) is 22.1 Å². The highest BCUT2D eigenvalue weighted by Crippen LogP contribution is 2.19. The van der Waals surface area contributed by atoms with Gasteiger partial charge < -0.3 is 11.1 Å². The van der Waals surface area contributed by atoms with E-state index in [-0.39, 0.29) is 30.4 Å². The first kappa shape index (κ1) is 15.5. The largest absolute Gasteiger partial charge is 0.349 e. The SMILES string of the molecule is NCC#Cc1ccc(C(=O)NCC2CCCS2(=O)=O)nc1. The van der Waals surface area contributed by atoms with E-state index in [9.17, 15) is 13.2 Å². The standard InChI is InChI=1S/C14H17N3O3S/c15-7-1-3-11-5-6-13(16-9-11)14(18)17-10-12-4-2-8-21(12,19)20/h5-6,9,12H,2,4,7-8,10,15H2,(H,17,18). The van der Waals surface area contributed by atoms with Crippen molar-refractivity contribution in [2.45, 2.75) is 18.1 Å². The van der Waals surface area contributed by atoms with Crippen LogP contribution in [0.1, 0.15) is 28.9 Å². The van der Waals surface area contributed by atoms with Crippen LogP contribution in [0.5, 0.6) is 0 Å². The quantitative estimate of drug-likeness (QED) is 0.746. The van der Waals surface area contributed by atoms with Gasteiger partial charge in [0.15, 0.2) is 9.84 Å². The molecule has 0 radical (unpaired) electrons. The van der Waals surface area contributed by atoms with Gasteiger partial charge >= 0.3 is 0 Å². The van der Waals surface area contributed by atoms with Crippen LogP contribution in [-0.4, -0.2) is 43.4 Å². The molecule has 6 nitrogen and oxygen atoms in total. The van der Waals surface area contributed by atoms with E-state index in [4.69, 9.17) is 5.73 Å². The molecule has 1 atom stereocenters. The van der Waals surface area contributed by atoms with Crippen molar-refractivity contribution in [1.82, 2.24) is 10.3 Å². The Morgan fingerprint density at radius 3 is 2.86 bits per heavy atom. The van der Waals surface area contributed by atoms with Gasteiger partial charge in [0.05, 0.1) is 17.5 Å². The van der Waals surface area contributed by atoms with Crippen LogP contribution >= 0.6 is 0 Å². The average Bonchev–Trinajstić information content (AvgIpc) is 2.82. The van der Waals surface area contributed by atoms with E-state index in [0.717, 1.165) is 0 Å². The molecule has 0 spiro atoms. The van der Waals surface area contributed by atoms with Crippen molar-refractivity contribution in [2.75, 3.05) is 18.8 Å². The summed E-state index contributed by atoms with van der Waals surface area (Å²) in [4.78, 5) is 15.9. The van der Waals surface area contributed by atoms with Gasteiger partial charge in [-0.25, -0.2) is 13.4 Å². The predicted molar refractivity (Wildman–Crippen MR) is 79.3 cm³/mol. The van der Waals surface area contributed by atoms with Gasteiger partial charge in [0.25, 0.3) is 5.91 Å². The minimum absolute atomic E-state index is 0.136. The molecule has 112 valence electrons. The van der Waals surface area contributed by atoms with E-state index >= 15 is 0 Å². The van der Waals surface area contributed by atoms with Crippen LogP contribution in [0.2, 0.25) is 0 Å². The summed E-state index contributed by atoms with van der Waals surface area (Å²) in [7, 11) is -3.05. The highest BCUT2D eigenvalue weighted by molar-refractivity contribution is 7.92. The summed E-state index contributed by atoms with van der Waals surface area (Å²) in [6, 6.07) is 3.23. The zero-order valence-corrected chi connectivity index (χ0v) is 12.3. The van der Waals surface area contributed by atoms with E-state index < -0.39 is 15.1 Å². The number of nitrogens with two attached hydrogens (primary N) is 1. The molecule has 1 aromatic rings. The fourth-order valence-electron chi connectivity index (χ4n) is 2.14. The number of carbonyl (C=O) groups excluding carboxylic acids is 1. The van der Waals surface area contributed by atoms with Gasteiger partial charge in [-0.1, -0.05) is 11.8 Å². The lowest BCUT2D eigenvalue weighted by Crippen LogP contribution is -2.34. The summed E-state index contributed by atoms with van der Waals surface area (Å²) in [5, 5.41) is 2.15. The number of nitrogens with zero attached hydrogens (tertiary/aromatic N) is 1. The fraction of sp³-hybridized carbons (Fsp3) is 0.429. The summed E-state index contributed by atoms with van der Waals surface area (Å²) in [6.45, 7) is 0.398. The molecular weight excluding hydrogens is 290 g/mol. The first-order chi connectivity index (χ1) is 10.0. The first-order valence-electron chi connectivity index (χ1n) is 6.67. The Bertz CT molecular complexity index is 672. The number of nitrogens with one attached hydrogen (secondary N) is 1. The second-order valence-corrected chi connectivity index (χ2v) is 7.18. The van der Waals surface area contributed by atoms with Crippen molar-refractivity contribution >= 4 is 15.7 Å². The Labute approximate surface area is 124 Å². The molecule has 0 bridgehead atoms. The minimum Gasteiger partial charge on any atom is -0.349 e. The van der Waals surface area contributed by atoms with Crippen LogP contribution in [0.25, 0.3) is 0 Å². The lowest BCUT2D eigenvalue weighted by atomic mass is 10.2. The zero-order valence-electron chi connectivity index (χ0n) is 11.5. The van der Waals surface area contributed by atoms with Crippen molar-refractivity contribution in [2.24, 2.45) is 5.73 Å². The Hall–Kier alpha value is -1.91. The maximum absolute atomic E-state index is 11.9. The molecule has 1 aliphatic rings. The maximum Gasteiger partial charge on any atom is 0.269 e. The fourth-order valence-corrected chi connectivity index (χ4v) is 3.91. The van der Waals surface area contributed by atoms with E-state index in [1.54, 1.807) is 12.1 Å². The minimum atomic E-state index is -3.05. The van der Waals surface area contributed by atoms with Gasteiger partial charge in [-0.15, -0.1) is 0 Å². The van der Waals surface area contributed by atoms with Crippen LogP contribution in [0.15, 0.2) is 18.3 Å². The van der Waals surface area contributed by atoms with Crippen molar-refractivity contribution in [3.8, 4) is 11.8 Å². The lowest BCUT2D eigenvalue weighted by molar-refractivity contribution is 0.0948. The highest BCUT2D eigenvalue weighted by Gasteiger charge is 2.31. The summed E-state index contributed by atoms with van der Waals surface area (Å²) in [6.07, 6.45) is 2.75. The molecule has 1 aliphatic heterocycles. The molecule has 0 aliphatic carbocycles. The third-order valence-corrected chi connectivity index (χ3v) is 5.56.